The fourth-order valence-electron chi connectivity index (χ4n) is 1.90. The molecule has 0 spiro atoms. The van der Waals surface area contributed by atoms with E-state index in [2.05, 4.69) is 25.5 Å². The highest BCUT2D eigenvalue weighted by molar-refractivity contribution is 7.89. The second-order valence-corrected chi connectivity index (χ2v) is 6.96. The first-order chi connectivity index (χ1) is 7.31. The van der Waals surface area contributed by atoms with Gasteiger partial charge in [-0.2, -0.15) is 0 Å². The zero-order chi connectivity index (χ0) is 12.0. The lowest BCUT2D eigenvalue weighted by atomic mass is 9.86. The van der Waals surface area contributed by atoms with Gasteiger partial charge in [0.25, 0.3) is 0 Å². The summed E-state index contributed by atoms with van der Waals surface area (Å²) in [6.07, 6.45) is 0.776. The second kappa shape index (κ2) is 3.57. The van der Waals surface area contributed by atoms with Crippen LogP contribution in [0.4, 0.5) is 0 Å². The van der Waals surface area contributed by atoms with Crippen LogP contribution in [0, 0.1) is 0 Å². The predicted octanol–water partition coefficient (Wildman–Crippen LogP) is 1.82. The predicted molar refractivity (Wildman–Crippen MR) is 64.0 cm³/mol. The van der Waals surface area contributed by atoms with E-state index in [1.54, 1.807) is 6.07 Å². The van der Waals surface area contributed by atoms with Crippen molar-refractivity contribution in [1.82, 2.24) is 4.72 Å². The van der Waals surface area contributed by atoms with Gasteiger partial charge in [-0.3, -0.25) is 0 Å². The van der Waals surface area contributed by atoms with E-state index < -0.39 is 10.0 Å². The lowest BCUT2D eigenvalue weighted by Gasteiger charge is -2.23. The van der Waals surface area contributed by atoms with Crippen LogP contribution in [0.15, 0.2) is 23.1 Å². The van der Waals surface area contributed by atoms with Crippen molar-refractivity contribution < 1.29 is 8.42 Å². The molecule has 1 heterocycles. The Morgan fingerprint density at radius 1 is 1.25 bits per heavy atom. The summed E-state index contributed by atoms with van der Waals surface area (Å²) in [6, 6.07) is 5.65. The second-order valence-electron chi connectivity index (χ2n) is 5.22. The minimum Gasteiger partial charge on any atom is -0.211 e. The van der Waals surface area contributed by atoms with Crippen LogP contribution in [-0.2, 0) is 21.9 Å². The van der Waals surface area contributed by atoms with Crippen molar-refractivity contribution in [1.29, 1.82) is 0 Å². The van der Waals surface area contributed by atoms with Crippen LogP contribution >= 0.6 is 0 Å². The van der Waals surface area contributed by atoms with Gasteiger partial charge in [-0.05, 0) is 29.0 Å². The molecule has 1 aromatic rings. The molecule has 0 radical (unpaired) electrons. The zero-order valence-corrected chi connectivity index (χ0v) is 10.7. The molecule has 0 aromatic heterocycles. The van der Waals surface area contributed by atoms with Gasteiger partial charge < -0.3 is 0 Å². The van der Waals surface area contributed by atoms with Gasteiger partial charge in [0.05, 0.1) is 4.90 Å². The number of benzene rings is 1. The third-order valence-corrected chi connectivity index (χ3v) is 4.46. The molecule has 0 aliphatic carbocycles. The van der Waals surface area contributed by atoms with Crippen molar-refractivity contribution in [3.05, 3.63) is 29.3 Å². The van der Waals surface area contributed by atoms with Crippen LogP contribution in [0.25, 0.3) is 0 Å². The van der Waals surface area contributed by atoms with Gasteiger partial charge in [0.1, 0.15) is 0 Å². The SMILES string of the molecule is CC(C)(C)c1ccc2c(c1)CCNS2(=O)=O. The minimum absolute atomic E-state index is 0.0592. The van der Waals surface area contributed by atoms with Gasteiger partial charge in [-0.1, -0.05) is 32.9 Å². The van der Waals surface area contributed by atoms with Gasteiger partial charge >= 0.3 is 0 Å². The number of hydrogen-bond donors (Lipinski definition) is 1. The average molecular weight is 239 g/mol. The smallest absolute Gasteiger partial charge is 0.211 e. The average Bonchev–Trinajstić information content (AvgIpc) is 2.15. The monoisotopic (exact) mass is 239 g/mol. The summed E-state index contributed by atoms with van der Waals surface area (Å²) >= 11 is 0. The summed E-state index contributed by atoms with van der Waals surface area (Å²) in [6.45, 7) is 6.89. The molecule has 0 unspecified atom stereocenters. The molecule has 1 aromatic carbocycles. The van der Waals surface area contributed by atoms with Gasteiger partial charge in [-0.15, -0.1) is 0 Å². The van der Waals surface area contributed by atoms with Crippen LogP contribution in [0.5, 0.6) is 0 Å². The molecular weight excluding hydrogens is 222 g/mol. The molecule has 1 N–H and O–H groups in total. The summed E-state index contributed by atoms with van der Waals surface area (Å²) in [5.74, 6) is 0. The highest BCUT2D eigenvalue weighted by atomic mass is 32.2. The molecule has 0 atom stereocenters. The Morgan fingerprint density at radius 2 is 1.94 bits per heavy atom. The van der Waals surface area contributed by atoms with Crippen molar-refractivity contribution >= 4 is 10.0 Å². The molecule has 0 fully saturated rings. The molecule has 16 heavy (non-hydrogen) atoms. The highest BCUT2D eigenvalue weighted by Crippen LogP contribution is 2.28. The Hall–Kier alpha value is -0.870. The summed E-state index contributed by atoms with van der Waals surface area (Å²) in [7, 11) is -3.25. The summed E-state index contributed by atoms with van der Waals surface area (Å²) in [4.78, 5) is 0.437. The lowest BCUT2D eigenvalue weighted by molar-refractivity contribution is 0.568. The molecule has 2 rings (SSSR count). The van der Waals surface area contributed by atoms with E-state index >= 15 is 0 Å². The maximum absolute atomic E-state index is 11.7. The Labute approximate surface area is 96.9 Å². The minimum atomic E-state index is -3.25. The van der Waals surface area contributed by atoms with Crippen LogP contribution in [0.3, 0.4) is 0 Å². The molecule has 0 amide bonds. The molecule has 1 aliphatic rings. The third-order valence-electron chi connectivity index (χ3n) is 2.90. The van der Waals surface area contributed by atoms with Crippen molar-refractivity contribution in [2.75, 3.05) is 6.54 Å². The first-order valence-corrected chi connectivity index (χ1v) is 6.92. The summed E-state index contributed by atoms with van der Waals surface area (Å²) in [5, 5.41) is 0. The maximum Gasteiger partial charge on any atom is 0.240 e. The van der Waals surface area contributed by atoms with E-state index in [-0.39, 0.29) is 5.41 Å². The Balaban J connectivity index is 2.57. The highest BCUT2D eigenvalue weighted by Gasteiger charge is 2.24. The van der Waals surface area contributed by atoms with Gasteiger partial charge in [0, 0.05) is 6.54 Å². The molecule has 0 saturated carbocycles. The van der Waals surface area contributed by atoms with Crippen molar-refractivity contribution in [3.8, 4) is 0 Å². The van der Waals surface area contributed by atoms with Crippen LogP contribution in [0.1, 0.15) is 31.9 Å². The summed E-state index contributed by atoms with van der Waals surface area (Å²) in [5.41, 5.74) is 2.18. The fraction of sp³-hybridized carbons (Fsp3) is 0.500. The number of sulfonamides is 1. The van der Waals surface area contributed by atoms with Crippen LogP contribution in [0.2, 0.25) is 0 Å². The molecule has 0 bridgehead atoms. The van der Waals surface area contributed by atoms with Crippen LogP contribution < -0.4 is 4.72 Å². The van der Waals surface area contributed by atoms with E-state index in [1.807, 2.05) is 12.1 Å². The molecular formula is C12H17NO2S. The van der Waals surface area contributed by atoms with Crippen LogP contribution in [-0.4, -0.2) is 15.0 Å². The van der Waals surface area contributed by atoms with E-state index in [1.165, 1.54) is 5.56 Å². The van der Waals surface area contributed by atoms with E-state index in [0.717, 1.165) is 12.0 Å². The first kappa shape index (κ1) is 11.6. The molecule has 88 valence electrons. The van der Waals surface area contributed by atoms with E-state index in [9.17, 15) is 8.42 Å². The number of rotatable bonds is 0. The van der Waals surface area contributed by atoms with Gasteiger partial charge in [0.15, 0.2) is 0 Å². The topological polar surface area (TPSA) is 46.2 Å². The quantitative estimate of drug-likeness (QED) is 0.750. The maximum atomic E-state index is 11.7. The number of nitrogens with one attached hydrogen (secondary N) is 1. The summed E-state index contributed by atoms with van der Waals surface area (Å²) < 4.78 is 26.0. The largest absolute Gasteiger partial charge is 0.240 e. The first-order valence-electron chi connectivity index (χ1n) is 5.44. The molecule has 1 aliphatic heterocycles. The molecule has 4 heteroatoms. The van der Waals surface area contributed by atoms with Gasteiger partial charge in [0.2, 0.25) is 10.0 Å². The standard InChI is InChI=1S/C12H17NO2S/c1-12(2,3)10-4-5-11-9(8-10)6-7-13-16(11,14)15/h4-5,8,13H,6-7H2,1-3H3. The third kappa shape index (κ3) is 1.99. The Kier molecular flexibility index (Phi) is 2.59. The Bertz CT molecular complexity index is 512. The number of fused-ring (bicyclic) bond motifs is 1. The zero-order valence-electron chi connectivity index (χ0n) is 9.87. The van der Waals surface area contributed by atoms with Gasteiger partial charge in [-0.25, -0.2) is 13.1 Å². The van der Waals surface area contributed by atoms with Crippen molar-refractivity contribution in [2.24, 2.45) is 0 Å². The van der Waals surface area contributed by atoms with Crippen molar-refractivity contribution in [3.63, 3.8) is 0 Å². The van der Waals surface area contributed by atoms with E-state index in [0.29, 0.717) is 11.4 Å². The van der Waals surface area contributed by atoms with Crippen molar-refractivity contribution in [2.45, 2.75) is 37.5 Å². The van der Waals surface area contributed by atoms with E-state index in [4.69, 9.17) is 0 Å². The normalized spacial score (nSPS) is 19.2. The molecule has 0 saturated heterocycles. The number of hydrogen-bond acceptors (Lipinski definition) is 2. The lowest BCUT2D eigenvalue weighted by Crippen LogP contribution is -2.32. The Morgan fingerprint density at radius 3 is 2.56 bits per heavy atom. The fourth-order valence-corrected chi connectivity index (χ4v) is 3.18. The molecule has 3 nitrogen and oxygen atoms in total.